The van der Waals surface area contributed by atoms with E-state index < -0.39 is 0 Å². The topological polar surface area (TPSA) is 109 Å². The van der Waals surface area contributed by atoms with Gasteiger partial charge < -0.3 is 24.6 Å². The number of carbonyl (C=O) groups excluding carboxylic acids is 1. The smallest absolute Gasteiger partial charge is 0.227 e. The van der Waals surface area contributed by atoms with Gasteiger partial charge in [0.25, 0.3) is 0 Å². The molecule has 1 spiro atoms. The molecule has 1 amide bonds. The molecule has 184 valence electrons. The number of anilines is 3. The number of aryl methyl sites for hydroxylation is 1. The van der Waals surface area contributed by atoms with Crippen LogP contribution in [0.15, 0.2) is 18.2 Å². The summed E-state index contributed by atoms with van der Waals surface area (Å²) in [5.74, 6) is 4.04. The number of amides is 1. The van der Waals surface area contributed by atoms with E-state index in [4.69, 9.17) is 19.4 Å². The largest absolute Gasteiger partial charge is 0.493 e. The Kier molecular flexibility index (Phi) is 5.19. The molecule has 0 unspecified atom stereocenters. The van der Waals surface area contributed by atoms with Gasteiger partial charge >= 0.3 is 0 Å². The van der Waals surface area contributed by atoms with Crippen LogP contribution in [-0.2, 0) is 4.79 Å². The van der Waals surface area contributed by atoms with Crippen LogP contribution in [-0.4, -0.2) is 71.4 Å². The van der Waals surface area contributed by atoms with Crippen LogP contribution in [0, 0.1) is 18.3 Å². The second kappa shape index (κ2) is 8.28. The Morgan fingerprint density at radius 1 is 1.09 bits per heavy atom. The molecule has 2 aliphatic heterocycles. The van der Waals surface area contributed by atoms with Crippen LogP contribution in [0.2, 0.25) is 0 Å². The van der Waals surface area contributed by atoms with Crippen LogP contribution in [0.3, 0.4) is 0 Å². The van der Waals surface area contributed by atoms with Crippen LogP contribution >= 0.6 is 0 Å². The van der Waals surface area contributed by atoms with Crippen molar-refractivity contribution in [1.29, 1.82) is 0 Å². The minimum atomic E-state index is 0.240. The third kappa shape index (κ3) is 4.00. The molecule has 10 heteroatoms. The lowest BCUT2D eigenvalue weighted by Gasteiger charge is -2.54. The summed E-state index contributed by atoms with van der Waals surface area (Å²) in [7, 11) is 3.24. The number of piperidine rings is 1. The van der Waals surface area contributed by atoms with E-state index in [9.17, 15) is 4.79 Å². The van der Waals surface area contributed by atoms with Gasteiger partial charge in [-0.25, -0.2) is 4.98 Å². The summed E-state index contributed by atoms with van der Waals surface area (Å²) in [5, 5.41) is 11.4. The zero-order valence-corrected chi connectivity index (χ0v) is 20.4. The van der Waals surface area contributed by atoms with E-state index in [-0.39, 0.29) is 5.41 Å². The molecule has 2 saturated heterocycles. The van der Waals surface area contributed by atoms with Gasteiger partial charge in [-0.15, -0.1) is 0 Å². The van der Waals surface area contributed by atoms with Crippen molar-refractivity contribution < 1.29 is 14.3 Å². The molecule has 35 heavy (non-hydrogen) atoms. The van der Waals surface area contributed by atoms with Crippen molar-refractivity contribution in [3.05, 3.63) is 23.9 Å². The van der Waals surface area contributed by atoms with Crippen LogP contribution < -0.4 is 19.7 Å². The molecule has 1 aromatic carbocycles. The van der Waals surface area contributed by atoms with E-state index >= 15 is 0 Å². The molecule has 3 fully saturated rings. The lowest BCUT2D eigenvalue weighted by molar-refractivity contribution is -0.135. The van der Waals surface area contributed by atoms with Crippen LogP contribution in [0.4, 0.5) is 17.6 Å². The molecule has 1 saturated carbocycles. The summed E-state index contributed by atoms with van der Waals surface area (Å²) in [6, 6.07) is 5.72. The van der Waals surface area contributed by atoms with Gasteiger partial charge in [0.15, 0.2) is 11.5 Å². The van der Waals surface area contributed by atoms with Crippen molar-refractivity contribution in [1.82, 2.24) is 25.1 Å². The predicted molar refractivity (Wildman–Crippen MR) is 132 cm³/mol. The van der Waals surface area contributed by atoms with E-state index in [1.54, 1.807) is 14.2 Å². The number of rotatable bonds is 6. The standard InChI is InChI=1S/C25H31N7O3/c1-15-10-21(30-29-15)27-22-17-11-19(34-2)20(35-3)12-18(17)26-24(28-22)32-13-25(14-32)6-8-31(9-7-25)23(33)16-4-5-16/h10-12,16H,4-9,13-14H2,1-3H3,(H2,26,27,28,29,30). The molecule has 2 aromatic heterocycles. The molecule has 0 radical (unpaired) electrons. The van der Waals surface area contributed by atoms with Gasteiger partial charge in [0, 0.05) is 55.0 Å². The number of carbonyl (C=O) groups is 1. The number of likely N-dealkylation sites (tertiary alicyclic amines) is 1. The maximum absolute atomic E-state index is 12.4. The number of methoxy groups -OCH3 is 2. The highest BCUT2D eigenvalue weighted by atomic mass is 16.5. The van der Waals surface area contributed by atoms with Gasteiger partial charge in [-0.05, 0) is 38.7 Å². The number of hydrogen-bond donors (Lipinski definition) is 2. The summed E-state index contributed by atoms with van der Waals surface area (Å²) in [5.41, 5.74) is 1.91. The second-order valence-corrected chi connectivity index (χ2v) is 10.1. The Labute approximate surface area is 204 Å². The Morgan fingerprint density at radius 2 is 1.80 bits per heavy atom. The molecule has 2 N–H and O–H groups in total. The van der Waals surface area contributed by atoms with Gasteiger partial charge in [0.05, 0.1) is 25.4 Å². The molecule has 0 atom stereocenters. The number of nitrogens with one attached hydrogen (secondary N) is 2. The first-order valence-corrected chi connectivity index (χ1v) is 12.2. The number of aromatic nitrogens is 4. The van der Waals surface area contributed by atoms with E-state index in [2.05, 4.69) is 25.3 Å². The van der Waals surface area contributed by atoms with Gasteiger partial charge in [0.2, 0.25) is 11.9 Å². The number of nitrogens with zero attached hydrogens (tertiary/aromatic N) is 5. The van der Waals surface area contributed by atoms with Gasteiger partial charge in [-0.2, -0.15) is 10.1 Å². The fourth-order valence-corrected chi connectivity index (χ4v) is 5.30. The zero-order valence-electron chi connectivity index (χ0n) is 20.4. The van der Waals surface area contributed by atoms with Crippen LogP contribution in [0.1, 0.15) is 31.4 Å². The molecular formula is C25H31N7O3. The van der Waals surface area contributed by atoms with Crippen LogP contribution in [0.5, 0.6) is 11.5 Å². The normalized spacial score (nSPS) is 19.1. The minimum Gasteiger partial charge on any atom is -0.493 e. The van der Waals surface area contributed by atoms with E-state index in [0.29, 0.717) is 35.1 Å². The maximum Gasteiger partial charge on any atom is 0.227 e. The summed E-state index contributed by atoms with van der Waals surface area (Å²) < 4.78 is 11.0. The van der Waals surface area contributed by atoms with Gasteiger partial charge in [-0.1, -0.05) is 0 Å². The molecular weight excluding hydrogens is 446 g/mol. The van der Waals surface area contributed by atoms with E-state index in [0.717, 1.165) is 74.3 Å². The number of ether oxygens (including phenoxy) is 2. The molecule has 4 heterocycles. The molecule has 10 nitrogen and oxygen atoms in total. The summed E-state index contributed by atoms with van der Waals surface area (Å²) >= 11 is 0. The average Bonchev–Trinajstić information content (AvgIpc) is 3.63. The summed E-state index contributed by atoms with van der Waals surface area (Å²) in [4.78, 5) is 26.5. The molecule has 3 aromatic rings. The van der Waals surface area contributed by atoms with E-state index in [1.165, 1.54) is 0 Å². The number of H-pyrrole nitrogens is 1. The molecule has 0 bridgehead atoms. The Hall–Kier alpha value is -3.56. The third-order valence-electron chi connectivity index (χ3n) is 7.55. The monoisotopic (exact) mass is 477 g/mol. The predicted octanol–water partition coefficient (Wildman–Crippen LogP) is 3.26. The number of aromatic amines is 1. The van der Waals surface area contributed by atoms with Crippen molar-refractivity contribution >= 4 is 34.4 Å². The van der Waals surface area contributed by atoms with Crippen LogP contribution in [0.25, 0.3) is 10.9 Å². The number of hydrogen-bond acceptors (Lipinski definition) is 8. The average molecular weight is 478 g/mol. The lowest BCUT2D eigenvalue weighted by Crippen LogP contribution is -2.61. The second-order valence-electron chi connectivity index (χ2n) is 10.1. The SMILES string of the molecule is COc1cc2nc(N3CC4(CCN(C(=O)C5CC5)CC4)C3)nc(Nc3cc(C)n[nH]3)c2cc1OC. The maximum atomic E-state index is 12.4. The molecule has 1 aliphatic carbocycles. The minimum absolute atomic E-state index is 0.240. The Balaban J connectivity index is 1.26. The highest BCUT2D eigenvalue weighted by molar-refractivity contribution is 5.94. The third-order valence-corrected chi connectivity index (χ3v) is 7.55. The first-order chi connectivity index (χ1) is 17.0. The Bertz CT molecular complexity index is 1270. The first kappa shape index (κ1) is 21.9. The summed E-state index contributed by atoms with van der Waals surface area (Å²) in [6.07, 6.45) is 4.22. The van der Waals surface area contributed by atoms with Crippen molar-refractivity contribution in [2.75, 3.05) is 50.6 Å². The fourth-order valence-electron chi connectivity index (χ4n) is 5.30. The zero-order chi connectivity index (χ0) is 24.2. The van der Waals surface area contributed by atoms with Gasteiger partial charge in [-0.3, -0.25) is 9.89 Å². The molecule has 6 rings (SSSR count). The van der Waals surface area contributed by atoms with E-state index in [1.807, 2.05) is 25.1 Å². The number of fused-ring (bicyclic) bond motifs is 1. The lowest BCUT2D eigenvalue weighted by atomic mass is 9.72. The van der Waals surface area contributed by atoms with Crippen molar-refractivity contribution in [2.24, 2.45) is 11.3 Å². The summed E-state index contributed by atoms with van der Waals surface area (Å²) in [6.45, 7) is 5.47. The number of benzene rings is 1. The van der Waals surface area contributed by atoms with Crippen molar-refractivity contribution in [3.8, 4) is 11.5 Å². The highest BCUT2D eigenvalue weighted by Gasteiger charge is 2.47. The quantitative estimate of drug-likeness (QED) is 0.557. The Morgan fingerprint density at radius 3 is 2.43 bits per heavy atom. The van der Waals surface area contributed by atoms with Gasteiger partial charge in [0.1, 0.15) is 11.6 Å². The highest BCUT2D eigenvalue weighted by Crippen LogP contribution is 2.44. The van der Waals surface area contributed by atoms with Crippen molar-refractivity contribution in [2.45, 2.75) is 32.6 Å². The fraction of sp³-hybridized carbons (Fsp3) is 0.520. The molecule has 3 aliphatic rings. The van der Waals surface area contributed by atoms with Crippen molar-refractivity contribution in [3.63, 3.8) is 0 Å². The first-order valence-electron chi connectivity index (χ1n) is 12.2.